The minimum absolute atomic E-state index is 0.129. The molecule has 0 aromatic carbocycles. The summed E-state index contributed by atoms with van der Waals surface area (Å²) in [5, 5.41) is 14.1. The number of aliphatic hydroxyl groups excluding tert-OH is 1. The van der Waals surface area contributed by atoms with Crippen LogP contribution in [-0.4, -0.2) is 23.7 Å². The van der Waals surface area contributed by atoms with E-state index >= 15 is 0 Å². The molecule has 14 heavy (non-hydrogen) atoms. The van der Waals surface area contributed by atoms with Crippen molar-refractivity contribution in [1.82, 2.24) is 5.32 Å². The number of nitrogens with two attached hydrogens (primary N) is 1. The van der Waals surface area contributed by atoms with Crippen LogP contribution in [0.4, 0.5) is 0 Å². The van der Waals surface area contributed by atoms with E-state index in [2.05, 4.69) is 5.32 Å². The van der Waals surface area contributed by atoms with Crippen LogP contribution in [0.5, 0.6) is 0 Å². The second kappa shape index (κ2) is 5.09. The number of primary amides is 1. The van der Waals surface area contributed by atoms with Crippen molar-refractivity contribution in [2.24, 2.45) is 5.73 Å². The Hall–Kier alpha value is -0.910. The van der Waals surface area contributed by atoms with Gasteiger partial charge in [-0.3, -0.25) is 4.79 Å². The molecule has 1 amide bonds. The highest BCUT2D eigenvalue weighted by Gasteiger charge is 2.12. The molecule has 0 aliphatic carbocycles. The van der Waals surface area contributed by atoms with Gasteiger partial charge in [0, 0.05) is 17.5 Å². The molecule has 78 valence electrons. The van der Waals surface area contributed by atoms with Crippen LogP contribution < -0.4 is 11.1 Å². The third kappa shape index (κ3) is 3.10. The molecule has 4 nitrogen and oxygen atoms in total. The first-order valence-electron chi connectivity index (χ1n) is 4.35. The number of aliphatic hydroxyl groups is 1. The quantitative estimate of drug-likeness (QED) is 0.657. The average molecular weight is 214 g/mol. The fourth-order valence-electron chi connectivity index (χ4n) is 1.03. The minimum Gasteiger partial charge on any atom is -0.382 e. The van der Waals surface area contributed by atoms with Crippen LogP contribution in [0.25, 0.3) is 0 Å². The first-order chi connectivity index (χ1) is 6.61. The van der Waals surface area contributed by atoms with E-state index in [1.807, 2.05) is 24.4 Å². The Bertz CT molecular complexity index is 287. The maximum atomic E-state index is 10.5. The molecule has 4 N–H and O–H groups in total. The molecular weight excluding hydrogens is 200 g/mol. The number of carbonyl (C=O) groups is 1. The van der Waals surface area contributed by atoms with Gasteiger partial charge >= 0.3 is 0 Å². The summed E-state index contributed by atoms with van der Waals surface area (Å²) in [6.07, 6.45) is -1.11. The third-order valence-electron chi connectivity index (χ3n) is 1.92. The molecule has 1 aromatic heterocycles. The number of hydrogen-bond acceptors (Lipinski definition) is 4. The molecular formula is C9H14N2O2S. The number of thiophene rings is 1. The Morgan fingerprint density at radius 3 is 3.00 bits per heavy atom. The zero-order chi connectivity index (χ0) is 10.6. The fraction of sp³-hybridized carbons (Fsp3) is 0.444. The normalized spacial score (nSPS) is 15.0. The highest BCUT2D eigenvalue weighted by Crippen LogP contribution is 2.17. The molecule has 1 rings (SSSR count). The van der Waals surface area contributed by atoms with Crippen LogP contribution in [0.15, 0.2) is 17.5 Å². The number of hydrogen-bond donors (Lipinski definition) is 3. The summed E-state index contributed by atoms with van der Waals surface area (Å²) in [6.45, 7) is 2.16. The summed E-state index contributed by atoms with van der Waals surface area (Å²) in [5.74, 6) is -0.698. The number of amides is 1. The van der Waals surface area contributed by atoms with Gasteiger partial charge in [-0.15, -0.1) is 11.3 Å². The second-order valence-electron chi connectivity index (χ2n) is 3.06. The topological polar surface area (TPSA) is 75.3 Å². The van der Waals surface area contributed by atoms with Crippen LogP contribution in [0.2, 0.25) is 0 Å². The summed E-state index contributed by atoms with van der Waals surface area (Å²) in [6, 6.07) is 4.09. The van der Waals surface area contributed by atoms with E-state index in [0.717, 1.165) is 0 Å². The van der Waals surface area contributed by atoms with Crippen molar-refractivity contribution in [3.8, 4) is 0 Å². The molecule has 2 atom stereocenters. The van der Waals surface area contributed by atoms with Crippen molar-refractivity contribution in [3.63, 3.8) is 0 Å². The van der Waals surface area contributed by atoms with Gasteiger partial charge in [-0.2, -0.15) is 0 Å². The summed E-state index contributed by atoms with van der Waals surface area (Å²) >= 11 is 1.63. The lowest BCUT2D eigenvalue weighted by Crippen LogP contribution is -2.38. The van der Waals surface area contributed by atoms with E-state index in [1.165, 1.54) is 4.88 Å². The van der Waals surface area contributed by atoms with Crippen molar-refractivity contribution < 1.29 is 9.90 Å². The predicted octanol–water partition coefficient (Wildman–Crippen LogP) is 0.245. The Balaban J connectivity index is 2.35. The van der Waals surface area contributed by atoms with Crippen LogP contribution in [0.1, 0.15) is 17.8 Å². The summed E-state index contributed by atoms with van der Waals surface area (Å²) in [5.41, 5.74) is 4.91. The maximum Gasteiger partial charge on any atom is 0.247 e. The van der Waals surface area contributed by atoms with Crippen LogP contribution >= 0.6 is 11.3 Å². The maximum absolute atomic E-state index is 10.5. The number of rotatable bonds is 5. The Kier molecular flexibility index (Phi) is 4.06. The molecule has 1 heterocycles. The molecule has 0 radical (unpaired) electrons. The molecule has 0 saturated heterocycles. The lowest BCUT2D eigenvalue weighted by molar-refractivity contribution is -0.125. The van der Waals surface area contributed by atoms with Crippen molar-refractivity contribution in [2.75, 3.05) is 6.54 Å². The largest absolute Gasteiger partial charge is 0.382 e. The van der Waals surface area contributed by atoms with Gasteiger partial charge in [0.2, 0.25) is 5.91 Å². The van der Waals surface area contributed by atoms with Gasteiger partial charge in [0.1, 0.15) is 6.10 Å². The average Bonchev–Trinajstić information content (AvgIpc) is 2.66. The first kappa shape index (κ1) is 11.2. The molecule has 0 saturated carbocycles. The van der Waals surface area contributed by atoms with Gasteiger partial charge in [0.15, 0.2) is 0 Å². The smallest absolute Gasteiger partial charge is 0.247 e. The SMILES string of the molecule is CC(NCC(O)C(N)=O)c1cccs1. The van der Waals surface area contributed by atoms with Gasteiger partial charge < -0.3 is 16.2 Å². The van der Waals surface area contributed by atoms with E-state index in [4.69, 9.17) is 10.8 Å². The van der Waals surface area contributed by atoms with Crippen molar-refractivity contribution >= 4 is 17.2 Å². The van der Waals surface area contributed by atoms with Crippen molar-refractivity contribution in [2.45, 2.75) is 19.1 Å². The standard InChI is InChI=1S/C9H14N2O2S/c1-6(8-3-2-4-14-8)11-5-7(12)9(10)13/h2-4,6-7,11-12H,5H2,1H3,(H2,10,13). The fourth-order valence-corrected chi connectivity index (χ4v) is 1.79. The zero-order valence-corrected chi connectivity index (χ0v) is 8.75. The molecule has 1 aromatic rings. The van der Waals surface area contributed by atoms with Gasteiger partial charge in [-0.1, -0.05) is 6.07 Å². The Morgan fingerprint density at radius 2 is 2.50 bits per heavy atom. The highest BCUT2D eigenvalue weighted by atomic mass is 32.1. The molecule has 0 aliphatic heterocycles. The lowest BCUT2D eigenvalue weighted by atomic mass is 10.2. The second-order valence-corrected chi connectivity index (χ2v) is 4.04. The van der Waals surface area contributed by atoms with Gasteiger partial charge in [0.25, 0.3) is 0 Å². The summed E-state index contributed by atoms with van der Waals surface area (Å²) < 4.78 is 0. The predicted molar refractivity (Wildman–Crippen MR) is 55.9 cm³/mol. The van der Waals surface area contributed by atoms with E-state index in [-0.39, 0.29) is 12.6 Å². The molecule has 0 fully saturated rings. The van der Waals surface area contributed by atoms with Gasteiger partial charge in [-0.05, 0) is 18.4 Å². The van der Waals surface area contributed by atoms with E-state index in [9.17, 15) is 4.79 Å². The Morgan fingerprint density at radius 1 is 1.79 bits per heavy atom. The summed E-state index contributed by atoms with van der Waals surface area (Å²) in [4.78, 5) is 11.7. The first-order valence-corrected chi connectivity index (χ1v) is 5.23. The molecule has 5 heteroatoms. The number of nitrogens with one attached hydrogen (secondary N) is 1. The highest BCUT2D eigenvalue weighted by molar-refractivity contribution is 7.10. The minimum atomic E-state index is -1.11. The molecule has 2 unspecified atom stereocenters. The van der Waals surface area contributed by atoms with Crippen molar-refractivity contribution in [3.05, 3.63) is 22.4 Å². The molecule has 0 bridgehead atoms. The zero-order valence-electron chi connectivity index (χ0n) is 7.93. The van der Waals surface area contributed by atoms with Crippen LogP contribution in [0.3, 0.4) is 0 Å². The van der Waals surface area contributed by atoms with Crippen molar-refractivity contribution in [1.29, 1.82) is 0 Å². The molecule has 0 spiro atoms. The molecule has 0 aliphatic rings. The summed E-state index contributed by atoms with van der Waals surface area (Å²) in [7, 11) is 0. The van der Waals surface area contributed by atoms with Gasteiger partial charge in [0.05, 0.1) is 0 Å². The van der Waals surface area contributed by atoms with E-state index in [1.54, 1.807) is 11.3 Å². The van der Waals surface area contributed by atoms with Crippen LogP contribution in [0, 0.1) is 0 Å². The Labute approximate surface area is 86.7 Å². The van der Waals surface area contributed by atoms with Crippen LogP contribution in [-0.2, 0) is 4.79 Å². The number of carbonyl (C=O) groups excluding carboxylic acids is 1. The van der Waals surface area contributed by atoms with E-state index in [0.29, 0.717) is 0 Å². The van der Waals surface area contributed by atoms with Gasteiger partial charge in [-0.25, -0.2) is 0 Å². The lowest BCUT2D eigenvalue weighted by Gasteiger charge is -2.13. The van der Waals surface area contributed by atoms with E-state index < -0.39 is 12.0 Å². The third-order valence-corrected chi connectivity index (χ3v) is 2.97. The monoisotopic (exact) mass is 214 g/mol.